The Morgan fingerprint density at radius 1 is 0.943 bits per heavy atom. The van der Waals surface area contributed by atoms with Gasteiger partial charge < -0.3 is 9.64 Å². The summed E-state index contributed by atoms with van der Waals surface area (Å²) < 4.78 is 5.56. The zero-order valence-corrected chi connectivity index (χ0v) is 19.7. The van der Waals surface area contributed by atoms with Crippen molar-refractivity contribution in [2.24, 2.45) is 5.41 Å². The molecule has 0 aromatic heterocycles. The highest BCUT2D eigenvalue weighted by molar-refractivity contribution is 6.32. The zero-order chi connectivity index (χ0) is 24.3. The second kappa shape index (κ2) is 7.92. The van der Waals surface area contributed by atoms with E-state index in [4.69, 9.17) is 16.3 Å². The van der Waals surface area contributed by atoms with Gasteiger partial charge in [-0.3, -0.25) is 9.59 Å². The minimum Gasteiger partial charge on any atom is -0.464 e. The van der Waals surface area contributed by atoms with Gasteiger partial charge in [0, 0.05) is 27.8 Å². The molecular weight excluding hydrogens is 462 g/mol. The van der Waals surface area contributed by atoms with Crippen molar-refractivity contribution >= 4 is 40.9 Å². The summed E-state index contributed by atoms with van der Waals surface area (Å²) in [5.74, 6) is -1.75. The monoisotopic (exact) mass is 483 g/mol. The maximum absolute atomic E-state index is 14.3. The molecule has 1 saturated heterocycles. The molecule has 174 valence electrons. The van der Waals surface area contributed by atoms with Crippen LogP contribution < -0.4 is 4.90 Å². The van der Waals surface area contributed by atoms with Crippen LogP contribution in [0.25, 0.3) is 6.08 Å². The highest BCUT2D eigenvalue weighted by atomic mass is 35.5. The van der Waals surface area contributed by atoms with Crippen LogP contribution in [0.1, 0.15) is 44.7 Å². The number of rotatable bonds is 3. The van der Waals surface area contributed by atoms with Gasteiger partial charge in [0.2, 0.25) is 0 Å². The van der Waals surface area contributed by atoms with E-state index in [1.807, 2.05) is 41.3 Å². The van der Waals surface area contributed by atoms with Crippen molar-refractivity contribution in [1.82, 2.24) is 0 Å². The second-order valence-electron chi connectivity index (χ2n) is 9.07. The summed E-state index contributed by atoms with van der Waals surface area (Å²) in [6.45, 7) is 1.94. The van der Waals surface area contributed by atoms with Crippen molar-refractivity contribution in [2.75, 3.05) is 11.5 Å². The number of carbonyl (C=O) groups is 3. The minimum absolute atomic E-state index is 0.188. The largest absolute Gasteiger partial charge is 0.464 e. The number of hydrogen-bond donors (Lipinski definition) is 0. The fourth-order valence-corrected chi connectivity index (χ4v) is 6.29. The number of Topliss-reactive ketones (excluding diaryl/α,β-unsaturated/α-hetero) is 2. The normalized spacial score (nSPS) is 23.3. The topological polar surface area (TPSA) is 63.7 Å². The number of ketones is 2. The van der Waals surface area contributed by atoms with Crippen LogP contribution in [0, 0.1) is 5.41 Å². The van der Waals surface area contributed by atoms with Crippen molar-refractivity contribution in [2.45, 2.75) is 24.9 Å². The average molecular weight is 484 g/mol. The van der Waals surface area contributed by atoms with Crippen LogP contribution in [0.4, 0.5) is 5.69 Å². The van der Waals surface area contributed by atoms with E-state index in [0.29, 0.717) is 21.7 Å². The Balaban J connectivity index is 1.67. The van der Waals surface area contributed by atoms with E-state index in [2.05, 4.69) is 0 Å². The Bertz CT molecular complexity index is 1380. The molecule has 3 aromatic rings. The lowest BCUT2D eigenvalue weighted by atomic mass is 9.65. The molecule has 1 aliphatic carbocycles. The van der Waals surface area contributed by atoms with Gasteiger partial charge in [0.15, 0.2) is 11.6 Å². The standard InChI is InChI=1S/C29H22ClNO4/c1-2-35-28(34)25-24(18-11-14-19(30)15-12-18)29(26(32)20-8-4-5-9-21(20)27(29)33)23-16-13-17-7-3-6-10-22(17)31(23)25/h3-16,23-25H,2H2,1H3/t23-,24+,25-/m1/s1. The van der Waals surface area contributed by atoms with Crippen LogP contribution >= 0.6 is 11.6 Å². The number of benzene rings is 3. The first-order valence-corrected chi connectivity index (χ1v) is 12.0. The molecule has 2 aliphatic heterocycles. The molecule has 3 aromatic carbocycles. The molecule has 0 radical (unpaired) electrons. The summed E-state index contributed by atoms with van der Waals surface area (Å²) in [4.78, 5) is 44.2. The summed E-state index contributed by atoms with van der Waals surface area (Å²) >= 11 is 6.19. The maximum Gasteiger partial charge on any atom is 0.329 e. The van der Waals surface area contributed by atoms with Crippen LogP contribution in [-0.2, 0) is 9.53 Å². The number of esters is 1. The Kier molecular flexibility index (Phi) is 4.94. The second-order valence-corrected chi connectivity index (χ2v) is 9.51. The SMILES string of the molecule is CCOC(=O)[C@H]1[C@H](c2ccc(Cl)cc2)C2(C(=O)c3ccccc3C2=O)[C@H]2C=Cc3ccccc3N12. The van der Waals surface area contributed by atoms with Crippen molar-refractivity contribution in [1.29, 1.82) is 0 Å². The molecular formula is C29H22ClNO4. The highest BCUT2D eigenvalue weighted by Gasteiger charge is 2.71. The number of hydrogen-bond acceptors (Lipinski definition) is 5. The van der Waals surface area contributed by atoms with Gasteiger partial charge in [-0.15, -0.1) is 0 Å². The van der Waals surface area contributed by atoms with Crippen molar-refractivity contribution in [3.05, 3.63) is 106 Å². The zero-order valence-electron chi connectivity index (χ0n) is 19.0. The Labute approximate surface area is 208 Å². The van der Waals surface area contributed by atoms with Gasteiger partial charge >= 0.3 is 5.97 Å². The van der Waals surface area contributed by atoms with Crippen LogP contribution in [-0.4, -0.2) is 36.2 Å². The number of halogens is 1. The molecule has 3 aliphatic rings. The molecule has 1 spiro atoms. The van der Waals surface area contributed by atoms with Crippen LogP contribution in [0.3, 0.4) is 0 Å². The number of carbonyl (C=O) groups excluding carboxylic acids is 3. The van der Waals surface area contributed by atoms with E-state index in [-0.39, 0.29) is 18.2 Å². The van der Waals surface area contributed by atoms with E-state index in [0.717, 1.165) is 11.3 Å². The summed E-state index contributed by atoms with van der Waals surface area (Å²) in [6.07, 6.45) is 3.83. The molecule has 1 fully saturated rings. The molecule has 0 amide bonds. The van der Waals surface area contributed by atoms with Crippen LogP contribution in [0.15, 0.2) is 78.9 Å². The third kappa shape index (κ3) is 2.85. The molecule has 0 saturated carbocycles. The van der Waals surface area contributed by atoms with Gasteiger partial charge in [0.05, 0.1) is 12.6 Å². The number of anilines is 1. The molecule has 0 bridgehead atoms. The van der Waals surface area contributed by atoms with Gasteiger partial charge in [-0.1, -0.05) is 78.4 Å². The van der Waals surface area contributed by atoms with Crippen LogP contribution in [0.2, 0.25) is 5.02 Å². The van der Waals surface area contributed by atoms with Gasteiger partial charge in [-0.25, -0.2) is 4.79 Å². The highest BCUT2D eigenvalue weighted by Crippen LogP contribution is 2.60. The summed E-state index contributed by atoms with van der Waals surface area (Å²) in [5.41, 5.74) is 1.69. The quantitative estimate of drug-likeness (QED) is 0.372. The maximum atomic E-state index is 14.3. The first-order valence-electron chi connectivity index (χ1n) is 11.7. The number of para-hydroxylation sites is 1. The van der Waals surface area contributed by atoms with Crippen LogP contribution in [0.5, 0.6) is 0 Å². The first-order chi connectivity index (χ1) is 17.0. The molecule has 6 rings (SSSR count). The number of ether oxygens (including phenoxy) is 1. The summed E-state index contributed by atoms with van der Waals surface area (Å²) in [5, 5.41) is 0.531. The molecule has 5 nitrogen and oxygen atoms in total. The fraction of sp³-hybridized carbons (Fsp3) is 0.207. The third-order valence-corrected chi connectivity index (χ3v) is 7.72. The van der Waals surface area contributed by atoms with Gasteiger partial charge in [-0.2, -0.15) is 0 Å². The fourth-order valence-electron chi connectivity index (χ4n) is 6.16. The Hall–Kier alpha value is -3.70. The molecule has 3 atom stereocenters. The Morgan fingerprint density at radius 3 is 2.23 bits per heavy atom. The number of nitrogens with zero attached hydrogens (tertiary/aromatic N) is 1. The lowest BCUT2D eigenvalue weighted by molar-refractivity contribution is -0.145. The molecule has 0 N–H and O–H groups in total. The van der Waals surface area contributed by atoms with E-state index < -0.39 is 29.4 Å². The predicted molar refractivity (Wildman–Crippen MR) is 134 cm³/mol. The minimum atomic E-state index is -1.51. The lowest BCUT2D eigenvalue weighted by Gasteiger charge is -2.36. The average Bonchev–Trinajstić information content (AvgIpc) is 3.31. The van der Waals surface area contributed by atoms with Crippen molar-refractivity contribution < 1.29 is 19.1 Å². The van der Waals surface area contributed by atoms with E-state index in [1.54, 1.807) is 55.5 Å². The Morgan fingerprint density at radius 2 is 1.57 bits per heavy atom. The smallest absolute Gasteiger partial charge is 0.329 e. The summed E-state index contributed by atoms with van der Waals surface area (Å²) in [6, 6.07) is 20.2. The predicted octanol–water partition coefficient (Wildman–Crippen LogP) is 5.34. The van der Waals surface area contributed by atoms with E-state index in [1.165, 1.54) is 0 Å². The molecule has 2 heterocycles. The van der Waals surface area contributed by atoms with E-state index in [9.17, 15) is 14.4 Å². The van der Waals surface area contributed by atoms with Gasteiger partial charge in [0.1, 0.15) is 11.5 Å². The first kappa shape index (κ1) is 21.8. The lowest BCUT2D eigenvalue weighted by Crippen LogP contribution is -2.48. The third-order valence-electron chi connectivity index (χ3n) is 7.47. The summed E-state index contributed by atoms with van der Waals surface area (Å²) in [7, 11) is 0. The molecule has 0 unspecified atom stereocenters. The van der Waals surface area contributed by atoms with E-state index >= 15 is 0 Å². The van der Waals surface area contributed by atoms with Gasteiger partial charge in [-0.05, 0) is 36.2 Å². The number of fused-ring (bicyclic) bond motifs is 5. The molecule has 35 heavy (non-hydrogen) atoms. The van der Waals surface area contributed by atoms with Crippen molar-refractivity contribution in [3.63, 3.8) is 0 Å². The van der Waals surface area contributed by atoms with Crippen molar-refractivity contribution in [3.8, 4) is 0 Å². The van der Waals surface area contributed by atoms with Gasteiger partial charge in [0.25, 0.3) is 0 Å². The molecule has 6 heteroatoms.